The first-order valence-corrected chi connectivity index (χ1v) is 8.55. The molecule has 0 saturated carbocycles. The molecule has 1 aliphatic rings. The van der Waals surface area contributed by atoms with Crippen LogP contribution in [0, 0.1) is 0 Å². The van der Waals surface area contributed by atoms with E-state index in [2.05, 4.69) is 10.6 Å². The number of hydrogen-bond acceptors (Lipinski definition) is 5. The quantitative estimate of drug-likeness (QED) is 0.761. The molecule has 0 radical (unpaired) electrons. The molecule has 0 saturated heterocycles. The van der Waals surface area contributed by atoms with Gasteiger partial charge in [-0.3, -0.25) is 9.59 Å². The molecule has 7 nitrogen and oxygen atoms in total. The minimum atomic E-state index is -0.581. The van der Waals surface area contributed by atoms with Crippen LogP contribution in [0.4, 0.5) is 5.69 Å². The second-order valence-electron chi connectivity index (χ2n) is 6.08. The number of benzene rings is 2. The van der Waals surface area contributed by atoms with Gasteiger partial charge in [0.05, 0.1) is 12.7 Å². The molecule has 0 spiro atoms. The molecule has 0 bridgehead atoms. The van der Waals surface area contributed by atoms with Crippen molar-refractivity contribution in [3.63, 3.8) is 0 Å². The van der Waals surface area contributed by atoms with Crippen LogP contribution >= 0.6 is 0 Å². The van der Waals surface area contributed by atoms with Crippen LogP contribution < -0.4 is 15.4 Å². The topological polar surface area (TPSA) is 93.7 Å². The standard InChI is InChI=1S/C20H20N2O5/c1-26-17-5-3-2-4-15(17)11-21-19(24)12-27-20(25)14-6-8-16-13(10-14)7-9-18(23)22-16/h2-6,8,10H,7,9,11-12H2,1H3,(H,21,24)(H,22,23). The molecular formula is C20H20N2O5. The van der Waals surface area contributed by atoms with E-state index in [0.717, 1.165) is 11.1 Å². The molecule has 0 unspecified atom stereocenters. The normalized spacial score (nSPS) is 12.6. The number of amides is 2. The van der Waals surface area contributed by atoms with E-state index in [-0.39, 0.29) is 19.1 Å². The fourth-order valence-electron chi connectivity index (χ4n) is 2.82. The van der Waals surface area contributed by atoms with E-state index < -0.39 is 11.9 Å². The van der Waals surface area contributed by atoms with E-state index in [4.69, 9.17) is 9.47 Å². The molecule has 3 rings (SSSR count). The Morgan fingerprint density at radius 1 is 1.15 bits per heavy atom. The molecule has 0 aliphatic carbocycles. The number of ether oxygens (including phenoxy) is 2. The molecule has 2 amide bonds. The highest BCUT2D eigenvalue weighted by atomic mass is 16.5. The van der Waals surface area contributed by atoms with Crippen molar-refractivity contribution in [2.45, 2.75) is 19.4 Å². The van der Waals surface area contributed by atoms with Crippen molar-refractivity contribution in [2.24, 2.45) is 0 Å². The van der Waals surface area contributed by atoms with Crippen molar-refractivity contribution in [3.05, 3.63) is 59.2 Å². The van der Waals surface area contributed by atoms with Crippen molar-refractivity contribution in [3.8, 4) is 5.75 Å². The van der Waals surface area contributed by atoms with Gasteiger partial charge in [-0.1, -0.05) is 18.2 Å². The van der Waals surface area contributed by atoms with Crippen LogP contribution in [0.3, 0.4) is 0 Å². The van der Waals surface area contributed by atoms with Gasteiger partial charge in [-0.05, 0) is 36.2 Å². The summed E-state index contributed by atoms with van der Waals surface area (Å²) in [6.07, 6.45) is 0.957. The zero-order valence-corrected chi connectivity index (χ0v) is 14.9. The fraction of sp³-hybridized carbons (Fsp3) is 0.250. The lowest BCUT2D eigenvalue weighted by atomic mass is 10.0. The van der Waals surface area contributed by atoms with Gasteiger partial charge in [-0.2, -0.15) is 0 Å². The van der Waals surface area contributed by atoms with Gasteiger partial charge in [0.2, 0.25) is 5.91 Å². The summed E-state index contributed by atoms with van der Waals surface area (Å²) >= 11 is 0. The Labute approximate surface area is 156 Å². The van der Waals surface area contributed by atoms with Crippen LogP contribution in [0.25, 0.3) is 0 Å². The maximum absolute atomic E-state index is 12.2. The highest BCUT2D eigenvalue weighted by Gasteiger charge is 2.18. The first kappa shape index (κ1) is 18.4. The van der Waals surface area contributed by atoms with Crippen molar-refractivity contribution in [2.75, 3.05) is 19.0 Å². The lowest BCUT2D eigenvalue weighted by Gasteiger charge is -2.17. The van der Waals surface area contributed by atoms with Gasteiger partial charge in [0, 0.05) is 24.2 Å². The number of anilines is 1. The number of hydrogen-bond donors (Lipinski definition) is 2. The molecule has 1 heterocycles. The average Bonchev–Trinajstić information content (AvgIpc) is 2.70. The van der Waals surface area contributed by atoms with Gasteiger partial charge < -0.3 is 20.1 Å². The highest BCUT2D eigenvalue weighted by Crippen LogP contribution is 2.23. The molecule has 140 valence electrons. The van der Waals surface area contributed by atoms with E-state index in [0.29, 0.717) is 29.8 Å². The first-order chi connectivity index (χ1) is 13.1. The largest absolute Gasteiger partial charge is 0.496 e. The number of carbonyl (C=O) groups is 3. The summed E-state index contributed by atoms with van der Waals surface area (Å²) in [7, 11) is 1.56. The van der Waals surface area contributed by atoms with Crippen LogP contribution in [0.2, 0.25) is 0 Å². The van der Waals surface area contributed by atoms with Gasteiger partial charge in [0.1, 0.15) is 5.75 Å². The van der Waals surface area contributed by atoms with E-state index in [1.165, 1.54) is 0 Å². The van der Waals surface area contributed by atoms with Crippen LogP contribution in [-0.4, -0.2) is 31.5 Å². The number of fused-ring (bicyclic) bond motifs is 1. The Morgan fingerprint density at radius 2 is 1.96 bits per heavy atom. The number of aryl methyl sites for hydroxylation is 1. The van der Waals surface area contributed by atoms with Crippen molar-refractivity contribution < 1.29 is 23.9 Å². The summed E-state index contributed by atoms with van der Waals surface area (Å²) in [6, 6.07) is 12.3. The van der Waals surface area contributed by atoms with E-state index in [1.807, 2.05) is 18.2 Å². The van der Waals surface area contributed by atoms with Gasteiger partial charge in [-0.25, -0.2) is 4.79 Å². The predicted molar refractivity (Wildman–Crippen MR) is 98.5 cm³/mol. The summed E-state index contributed by atoms with van der Waals surface area (Å²) in [5, 5.41) is 5.44. The monoisotopic (exact) mass is 368 g/mol. The maximum Gasteiger partial charge on any atom is 0.338 e. The summed E-state index contributed by atoms with van der Waals surface area (Å²) < 4.78 is 10.3. The Bertz CT molecular complexity index is 878. The second-order valence-corrected chi connectivity index (χ2v) is 6.08. The van der Waals surface area contributed by atoms with Gasteiger partial charge in [0.15, 0.2) is 6.61 Å². The molecule has 2 aromatic rings. The molecule has 0 atom stereocenters. The number of para-hydroxylation sites is 1. The number of nitrogens with one attached hydrogen (secondary N) is 2. The van der Waals surface area contributed by atoms with Crippen molar-refractivity contribution in [1.29, 1.82) is 0 Å². The SMILES string of the molecule is COc1ccccc1CNC(=O)COC(=O)c1ccc2c(c1)CCC(=O)N2. The first-order valence-electron chi connectivity index (χ1n) is 8.55. The Balaban J connectivity index is 1.51. The molecule has 0 aromatic heterocycles. The summed E-state index contributed by atoms with van der Waals surface area (Å²) in [5.74, 6) is -0.345. The molecule has 2 aromatic carbocycles. The van der Waals surface area contributed by atoms with E-state index >= 15 is 0 Å². The third-order valence-electron chi connectivity index (χ3n) is 4.24. The van der Waals surface area contributed by atoms with Crippen LogP contribution in [0.5, 0.6) is 5.75 Å². The second kappa shape index (κ2) is 8.35. The Morgan fingerprint density at radius 3 is 2.78 bits per heavy atom. The average molecular weight is 368 g/mol. The lowest BCUT2D eigenvalue weighted by Crippen LogP contribution is -2.28. The van der Waals surface area contributed by atoms with Crippen LogP contribution in [0.1, 0.15) is 27.9 Å². The molecule has 2 N–H and O–H groups in total. The smallest absolute Gasteiger partial charge is 0.338 e. The van der Waals surface area contributed by atoms with Crippen LogP contribution in [-0.2, 0) is 27.3 Å². The molecule has 27 heavy (non-hydrogen) atoms. The lowest BCUT2D eigenvalue weighted by molar-refractivity contribution is -0.124. The Kier molecular flexibility index (Phi) is 5.71. The van der Waals surface area contributed by atoms with Crippen molar-refractivity contribution in [1.82, 2.24) is 5.32 Å². The summed E-state index contributed by atoms with van der Waals surface area (Å²) in [4.78, 5) is 35.5. The number of rotatable bonds is 6. The Hall–Kier alpha value is -3.35. The number of carbonyl (C=O) groups excluding carboxylic acids is 3. The predicted octanol–water partition coefficient (Wildman–Crippen LogP) is 2.05. The number of esters is 1. The third-order valence-corrected chi connectivity index (χ3v) is 4.24. The molecular weight excluding hydrogens is 348 g/mol. The molecule has 7 heteroatoms. The van der Waals surface area contributed by atoms with Crippen molar-refractivity contribution >= 4 is 23.5 Å². The summed E-state index contributed by atoms with van der Waals surface area (Å²) in [5.41, 5.74) is 2.76. The minimum absolute atomic E-state index is 0.0375. The van der Waals surface area contributed by atoms with Gasteiger partial charge in [-0.15, -0.1) is 0 Å². The zero-order valence-electron chi connectivity index (χ0n) is 14.9. The van der Waals surface area contributed by atoms with Gasteiger partial charge in [0.25, 0.3) is 5.91 Å². The molecule has 1 aliphatic heterocycles. The maximum atomic E-state index is 12.2. The number of methoxy groups -OCH3 is 1. The third kappa shape index (κ3) is 4.63. The zero-order chi connectivity index (χ0) is 19.2. The van der Waals surface area contributed by atoms with E-state index in [1.54, 1.807) is 31.4 Å². The van der Waals surface area contributed by atoms with Gasteiger partial charge >= 0.3 is 5.97 Å². The van der Waals surface area contributed by atoms with Crippen LogP contribution in [0.15, 0.2) is 42.5 Å². The van der Waals surface area contributed by atoms with E-state index in [9.17, 15) is 14.4 Å². The fourth-order valence-corrected chi connectivity index (χ4v) is 2.82. The minimum Gasteiger partial charge on any atom is -0.496 e. The molecule has 0 fully saturated rings. The highest BCUT2D eigenvalue weighted by molar-refractivity contribution is 5.96. The summed E-state index contributed by atoms with van der Waals surface area (Å²) in [6.45, 7) is -0.0965.